The minimum Gasteiger partial charge on any atom is -0.397 e. The molecule has 1 aliphatic heterocycles. The number of nitrogens with one attached hydrogen (secondary N) is 1. The summed E-state index contributed by atoms with van der Waals surface area (Å²) in [6.07, 6.45) is 6.26. The van der Waals surface area contributed by atoms with Gasteiger partial charge in [0.1, 0.15) is 0 Å². The average Bonchev–Trinajstić information content (AvgIpc) is 2.74. The minimum absolute atomic E-state index is 0.113. The molecule has 0 spiro atoms. The molecule has 146 valence electrons. The van der Waals surface area contributed by atoms with Crippen LogP contribution in [0.4, 0.5) is 16.2 Å². The van der Waals surface area contributed by atoms with Gasteiger partial charge in [-0.2, -0.15) is 0 Å². The zero-order valence-electron chi connectivity index (χ0n) is 16.1. The normalized spacial score (nSPS) is 17.1. The summed E-state index contributed by atoms with van der Waals surface area (Å²) in [6, 6.07) is 13.3. The lowest BCUT2D eigenvalue weighted by molar-refractivity contribution is 0.0889. The highest BCUT2D eigenvalue weighted by Crippen LogP contribution is 2.29. The third kappa shape index (κ3) is 3.88. The number of amides is 2. The lowest BCUT2D eigenvalue weighted by Crippen LogP contribution is -2.39. The summed E-state index contributed by atoms with van der Waals surface area (Å²) in [5, 5.41) is 2.91. The Bertz CT molecular complexity index is 887. The lowest BCUT2D eigenvalue weighted by atomic mass is 9.84. The van der Waals surface area contributed by atoms with Crippen LogP contribution in [-0.4, -0.2) is 23.3 Å². The number of rotatable bonds is 3. The maximum atomic E-state index is 12.7. The molecule has 0 saturated heterocycles. The third-order valence-corrected chi connectivity index (χ3v) is 5.97. The minimum atomic E-state index is -0.160. The number of nitrogens with two attached hydrogens (primary N) is 1. The zero-order chi connectivity index (χ0) is 19.5. The van der Waals surface area contributed by atoms with Crippen molar-refractivity contribution < 1.29 is 9.59 Å². The molecule has 5 heteroatoms. The number of Topliss-reactive ketones (excluding diaryl/α,β-unsaturated/α-hetero) is 1. The van der Waals surface area contributed by atoms with Crippen molar-refractivity contribution in [2.24, 2.45) is 5.92 Å². The summed E-state index contributed by atoms with van der Waals surface area (Å²) >= 11 is 0. The molecule has 4 rings (SSSR count). The Morgan fingerprint density at radius 1 is 1.00 bits per heavy atom. The molecule has 0 aromatic heterocycles. The van der Waals surface area contributed by atoms with Crippen LogP contribution < -0.4 is 11.1 Å². The number of hydrogen-bond acceptors (Lipinski definition) is 3. The number of nitrogens with zero attached hydrogens (tertiary/aromatic N) is 1. The van der Waals surface area contributed by atoms with Crippen molar-refractivity contribution in [3.8, 4) is 0 Å². The van der Waals surface area contributed by atoms with E-state index in [0.29, 0.717) is 30.0 Å². The number of benzene rings is 2. The Hall–Kier alpha value is -2.82. The summed E-state index contributed by atoms with van der Waals surface area (Å²) in [7, 11) is 0. The van der Waals surface area contributed by atoms with Crippen LogP contribution in [0.1, 0.15) is 53.6 Å². The number of ketones is 1. The largest absolute Gasteiger partial charge is 0.397 e. The van der Waals surface area contributed by atoms with Crippen LogP contribution in [0, 0.1) is 5.92 Å². The van der Waals surface area contributed by atoms with Gasteiger partial charge >= 0.3 is 6.03 Å². The molecule has 0 atom stereocenters. The SMILES string of the molecule is Nc1cc(C(=O)C2CCCCC2)ccc1NC(=O)N1CCc2ccccc2C1. The van der Waals surface area contributed by atoms with Gasteiger partial charge in [-0.3, -0.25) is 4.79 Å². The Balaban J connectivity index is 1.42. The second-order valence-corrected chi connectivity index (χ2v) is 7.87. The first-order valence-electron chi connectivity index (χ1n) is 10.2. The molecule has 2 aromatic carbocycles. The van der Waals surface area contributed by atoms with E-state index >= 15 is 0 Å². The second-order valence-electron chi connectivity index (χ2n) is 7.87. The van der Waals surface area contributed by atoms with Crippen molar-refractivity contribution in [3.05, 3.63) is 59.2 Å². The van der Waals surface area contributed by atoms with Gasteiger partial charge in [0, 0.05) is 24.6 Å². The first-order chi connectivity index (χ1) is 13.6. The van der Waals surface area contributed by atoms with E-state index in [2.05, 4.69) is 17.4 Å². The Morgan fingerprint density at radius 2 is 1.75 bits per heavy atom. The number of anilines is 2. The third-order valence-electron chi connectivity index (χ3n) is 5.97. The summed E-state index contributed by atoms with van der Waals surface area (Å²) < 4.78 is 0. The highest BCUT2D eigenvalue weighted by Gasteiger charge is 2.24. The zero-order valence-corrected chi connectivity index (χ0v) is 16.1. The molecule has 0 unspecified atom stereocenters. The smallest absolute Gasteiger partial charge is 0.322 e. The van der Waals surface area contributed by atoms with Gasteiger partial charge < -0.3 is 16.0 Å². The molecule has 1 fully saturated rings. The summed E-state index contributed by atoms with van der Waals surface area (Å²) in [4.78, 5) is 27.2. The molecule has 0 radical (unpaired) electrons. The van der Waals surface area contributed by atoms with E-state index in [4.69, 9.17) is 5.73 Å². The highest BCUT2D eigenvalue weighted by molar-refractivity contribution is 6.00. The maximum absolute atomic E-state index is 12.7. The number of fused-ring (bicyclic) bond motifs is 1. The van der Waals surface area contributed by atoms with Gasteiger partial charge in [-0.1, -0.05) is 43.5 Å². The van der Waals surface area contributed by atoms with E-state index in [0.717, 1.165) is 32.1 Å². The van der Waals surface area contributed by atoms with Gasteiger partial charge in [0.2, 0.25) is 0 Å². The number of urea groups is 1. The summed E-state index contributed by atoms with van der Waals surface area (Å²) in [5.74, 6) is 0.291. The van der Waals surface area contributed by atoms with Crippen LogP contribution >= 0.6 is 0 Å². The van der Waals surface area contributed by atoms with Crippen molar-refractivity contribution in [3.63, 3.8) is 0 Å². The predicted octanol–water partition coefficient (Wildman–Crippen LogP) is 4.62. The molecule has 28 heavy (non-hydrogen) atoms. The van der Waals surface area contributed by atoms with Gasteiger partial charge in [0.25, 0.3) is 0 Å². The predicted molar refractivity (Wildman–Crippen MR) is 111 cm³/mol. The van der Waals surface area contributed by atoms with Crippen LogP contribution in [0.25, 0.3) is 0 Å². The second kappa shape index (κ2) is 8.05. The van der Waals surface area contributed by atoms with Crippen molar-refractivity contribution in [2.45, 2.75) is 45.1 Å². The van der Waals surface area contributed by atoms with Gasteiger partial charge in [0.15, 0.2) is 5.78 Å². The van der Waals surface area contributed by atoms with Crippen molar-refractivity contribution in [1.29, 1.82) is 0 Å². The van der Waals surface area contributed by atoms with Crippen LogP contribution in [-0.2, 0) is 13.0 Å². The first kappa shape index (κ1) is 18.5. The van der Waals surface area contributed by atoms with Gasteiger partial charge in [-0.05, 0) is 48.6 Å². The van der Waals surface area contributed by atoms with E-state index in [-0.39, 0.29) is 17.7 Å². The molecule has 3 N–H and O–H groups in total. The lowest BCUT2D eigenvalue weighted by Gasteiger charge is -2.29. The number of carbonyl (C=O) groups excluding carboxylic acids is 2. The molecule has 5 nitrogen and oxygen atoms in total. The van der Waals surface area contributed by atoms with Gasteiger partial charge in [-0.15, -0.1) is 0 Å². The standard InChI is InChI=1S/C23H27N3O2/c24-20-14-18(22(27)17-7-2-1-3-8-17)10-11-21(20)25-23(28)26-13-12-16-6-4-5-9-19(16)15-26/h4-6,9-11,14,17H,1-3,7-8,12-13,15,24H2,(H,25,28). The molecule has 2 aliphatic rings. The summed E-state index contributed by atoms with van der Waals surface area (Å²) in [6.45, 7) is 1.28. The fourth-order valence-electron chi connectivity index (χ4n) is 4.29. The Labute approximate surface area is 165 Å². The van der Waals surface area contributed by atoms with Crippen molar-refractivity contribution >= 4 is 23.2 Å². The van der Waals surface area contributed by atoms with E-state index < -0.39 is 0 Å². The quantitative estimate of drug-likeness (QED) is 0.605. The average molecular weight is 377 g/mol. The molecule has 2 amide bonds. The van der Waals surface area contributed by atoms with E-state index in [9.17, 15) is 9.59 Å². The molecular formula is C23H27N3O2. The highest BCUT2D eigenvalue weighted by atomic mass is 16.2. The molecule has 0 bridgehead atoms. The van der Waals surface area contributed by atoms with Gasteiger partial charge in [-0.25, -0.2) is 4.79 Å². The Kier molecular flexibility index (Phi) is 5.33. The maximum Gasteiger partial charge on any atom is 0.322 e. The fraction of sp³-hybridized carbons (Fsp3) is 0.391. The van der Waals surface area contributed by atoms with E-state index in [1.54, 1.807) is 23.1 Å². The summed E-state index contributed by atoms with van der Waals surface area (Å²) in [5.41, 5.74) is 10.3. The molecule has 1 heterocycles. The van der Waals surface area contributed by atoms with Crippen LogP contribution in [0.2, 0.25) is 0 Å². The topological polar surface area (TPSA) is 75.4 Å². The molecule has 1 aliphatic carbocycles. The van der Waals surface area contributed by atoms with Crippen molar-refractivity contribution in [2.75, 3.05) is 17.6 Å². The number of hydrogen-bond donors (Lipinski definition) is 2. The number of nitrogen functional groups attached to an aromatic ring is 1. The molecule has 2 aromatic rings. The van der Waals surface area contributed by atoms with E-state index in [1.165, 1.54) is 17.5 Å². The van der Waals surface area contributed by atoms with Crippen LogP contribution in [0.15, 0.2) is 42.5 Å². The van der Waals surface area contributed by atoms with Gasteiger partial charge in [0.05, 0.1) is 11.4 Å². The van der Waals surface area contributed by atoms with Crippen molar-refractivity contribution in [1.82, 2.24) is 4.90 Å². The van der Waals surface area contributed by atoms with E-state index in [1.807, 2.05) is 12.1 Å². The molecular weight excluding hydrogens is 350 g/mol. The molecule has 1 saturated carbocycles. The van der Waals surface area contributed by atoms with Crippen LogP contribution in [0.3, 0.4) is 0 Å². The fourth-order valence-corrected chi connectivity index (χ4v) is 4.29. The number of carbonyl (C=O) groups is 2. The van der Waals surface area contributed by atoms with Crippen LogP contribution in [0.5, 0.6) is 0 Å². The Morgan fingerprint density at radius 3 is 2.50 bits per heavy atom. The first-order valence-corrected chi connectivity index (χ1v) is 10.2. The monoisotopic (exact) mass is 377 g/mol.